The third kappa shape index (κ3) is 3.15. The predicted octanol–water partition coefficient (Wildman–Crippen LogP) is 3.72. The Balaban J connectivity index is 1.79. The molecule has 0 fully saturated rings. The van der Waals surface area contributed by atoms with Crippen molar-refractivity contribution in [3.8, 4) is 5.75 Å². The number of rotatable bonds is 5. The molecule has 3 rings (SSSR count). The smallest absolute Gasteiger partial charge is 0.188 e. The van der Waals surface area contributed by atoms with Gasteiger partial charge in [-0.25, -0.2) is 4.98 Å². The molecule has 0 aliphatic heterocycles. The quantitative estimate of drug-likeness (QED) is 0.754. The third-order valence-corrected chi connectivity index (χ3v) is 4.02. The number of hydrogen-bond acceptors (Lipinski definition) is 5. The zero-order chi connectivity index (χ0) is 14.7. The largest absolute Gasteiger partial charge is 0.491 e. The van der Waals surface area contributed by atoms with Gasteiger partial charge in [-0.2, -0.15) is 0 Å². The van der Waals surface area contributed by atoms with Crippen LogP contribution < -0.4 is 10.1 Å². The molecule has 108 valence electrons. The first-order valence-corrected chi connectivity index (χ1v) is 7.55. The zero-order valence-corrected chi connectivity index (χ0v) is 12.5. The summed E-state index contributed by atoms with van der Waals surface area (Å²) in [5, 5.41) is 13.0. The van der Waals surface area contributed by atoms with Crippen LogP contribution in [-0.4, -0.2) is 23.3 Å². The van der Waals surface area contributed by atoms with E-state index in [0.29, 0.717) is 6.61 Å². The van der Waals surface area contributed by atoms with Crippen molar-refractivity contribution < 1.29 is 9.84 Å². The Kier molecular flexibility index (Phi) is 4.03. The molecule has 4 nitrogen and oxygen atoms in total. The van der Waals surface area contributed by atoms with Crippen LogP contribution >= 0.6 is 11.3 Å². The average Bonchev–Trinajstić information content (AvgIpc) is 2.88. The summed E-state index contributed by atoms with van der Waals surface area (Å²) in [6.45, 7) is 2.31. The minimum atomic E-state index is 0.0190. The minimum absolute atomic E-state index is 0.0190. The molecule has 0 aliphatic carbocycles. The Morgan fingerprint density at radius 2 is 2.10 bits per heavy atom. The van der Waals surface area contributed by atoms with Crippen LogP contribution in [0.4, 0.5) is 10.8 Å². The zero-order valence-electron chi connectivity index (χ0n) is 11.7. The molecule has 1 heterocycles. The van der Waals surface area contributed by atoms with Crippen LogP contribution in [0.15, 0.2) is 42.5 Å². The molecule has 0 saturated carbocycles. The molecule has 0 atom stereocenters. The van der Waals surface area contributed by atoms with Gasteiger partial charge < -0.3 is 15.2 Å². The molecule has 3 aromatic rings. The van der Waals surface area contributed by atoms with E-state index in [1.165, 1.54) is 4.70 Å². The first-order chi connectivity index (χ1) is 10.3. The summed E-state index contributed by atoms with van der Waals surface area (Å²) >= 11 is 1.63. The number of aliphatic hydroxyl groups is 1. The molecule has 2 aromatic carbocycles. The first kappa shape index (κ1) is 13.9. The number of benzene rings is 2. The molecule has 0 amide bonds. The fourth-order valence-electron chi connectivity index (χ4n) is 2.09. The van der Waals surface area contributed by atoms with Gasteiger partial charge in [0.05, 0.1) is 16.8 Å². The highest BCUT2D eigenvalue weighted by Gasteiger charge is 2.05. The Morgan fingerprint density at radius 1 is 1.24 bits per heavy atom. The summed E-state index contributed by atoms with van der Waals surface area (Å²) in [6, 6.07) is 13.9. The summed E-state index contributed by atoms with van der Waals surface area (Å²) in [7, 11) is 0. The number of nitrogens with one attached hydrogen (secondary N) is 1. The standard InChI is InChI=1S/C16H16N2O2S/c1-11-10-12(6-7-14(11)20-9-8-19)17-16-18-13-4-2-3-5-15(13)21-16/h2-7,10,19H,8-9H2,1H3,(H,17,18). The van der Waals surface area contributed by atoms with E-state index in [4.69, 9.17) is 9.84 Å². The lowest BCUT2D eigenvalue weighted by Crippen LogP contribution is -2.03. The normalized spacial score (nSPS) is 10.8. The molecular formula is C16H16N2O2S. The molecule has 0 aliphatic rings. The van der Waals surface area contributed by atoms with Gasteiger partial charge in [-0.15, -0.1) is 0 Å². The fraction of sp³-hybridized carbons (Fsp3) is 0.188. The van der Waals surface area contributed by atoms with Crippen LogP contribution in [0.25, 0.3) is 10.2 Å². The number of thiazole rings is 1. The molecule has 0 saturated heterocycles. The lowest BCUT2D eigenvalue weighted by Gasteiger charge is -2.10. The second kappa shape index (κ2) is 6.11. The second-order valence-electron chi connectivity index (χ2n) is 4.66. The van der Waals surface area contributed by atoms with Crippen molar-refractivity contribution in [2.45, 2.75) is 6.92 Å². The molecule has 2 N–H and O–H groups in total. The van der Waals surface area contributed by atoms with Gasteiger partial charge in [0.1, 0.15) is 12.4 Å². The number of fused-ring (bicyclic) bond motifs is 1. The Labute approximate surface area is 127 Å². The third-order valence-electron chi connectivity index (χ3n) is 3.07. The topological polar surface area (TPSA) is 54.4 Å². The van der Waals surface area contributed by atoms with Crippen molar-refractivity contribution in [2.24, 2.45) is 0 Å². The summed E-state index contributed by atoms with van der Waals surface area (Å²) in [5.74, 6) is 0.791. The van der Waals surface area contributed by atoms with Crippen LogP contribution in [-0.2, 0) is 0 Å². The van der Waals surface area contributed by atoms with E-state index in [0.717, 1.165) is 27.6 Å². The maximum Gasteiger partial charge on any atom is 0.188 e. The number of aryl methyl sites for hydroxylation is 1. The van der Waals surface area contributed by atoms with Gasteiger partial charge in [0.15, 0.2) is 5.13 Å². The Morgan fingerprint density at radius 3 is 2.86 bits per heavy atom. The molecule has 21 heavy (non-hydrogen) atoms. The maximum absolute atomic E-state index is 8.79. The van der Waals surface area contributed by atoms with E-state index in [2.05, 4.69) is 16.4 Å². The van der Waals surface area contributed by atoms with Gasteiger partial charge >= 0.3 is 0 Å². The lowest BCUT2D eigenvalue weighted by molar-refractivity contribution is 0.200. The SMILES string of the molecule is Cc1cc(Nc2nc3ccccc3s2)ccc1OCCO. The van der Waals surface area contributed by atoms with Gasteiger partial charge in [-0.3, -0.25) is 0 Å². The van der Waals surface area contributed by atoms with E-state index in [-0.39, 0.29) is 6.61 Å². The van der Waals surface area contributed by atoms with Crippen molar-refractivity contribution in [2.75, 3.05) is 18.5 Å². The van der Waals surface area contributed by atoms with Crippen LogP contribution in [0.3, 0.4) is 0 Å². The van der Waals surface area contributed by atoms with Gasteiger partial charge in [0.25, 0.3) is 0 Å². The number of aromatic nitrogens is 1. The maximum atomic E-state index is 8.79. The summed E-state index contributed by atoms with van der Waals surface area (Å²) in [5.41, 5.74) is 3.00. The van der Waals surface area contributed by atoms with Crippen LogP contribution in [0, 0.1) is 6.92 Å². The lowest BCUT2D eigenvalue weighted by atomic mass is 10.2. The van der Waals surface area contributed by atoms with Crippen LogP contribution in [0.2, 0.25) is 0 Å². The number of hydrogen-bond donors (Lipinski definition) is 2. The predicted molar refractivity (Wildman–Crippen MR) is 86.7 cm³/mol. The number of para-hydroxylation sites is 1. The number of aliphatic hydroxyl groups excluding tert-OH is 1. The Bertz CT molecular complexity index is 722. The highest BCUT2D eigenvalue weighted by molar-refractivity contribution is 7.22. The van der Waals surface area contributed by atoms with E-state index >= 15 is 0 Å². The number of nitrogens with zero attached hydrogens (tertiary/aromatic N) is 1. The van der Waals surface area contributed by atoms with Gasteiger partial charge in [-0.05, 0) is 42.8 Å². The van der Waals surface area contributed by atoms with Gasteiger partial charge in [0, 0.05) is 5.69 Å². The van der Waals surface area contributed by atoms with Gasteiger partial charge in [-0.1, -0.05) is 23.5 Å². The number of anilines is 2. The summed E-state index contributed by atoms with van der Waals surface area (Å²) < 4.78 is 6.61. The highest BCUT2D eigenvalue weighted by atomic mass is 32.1. The van der Waals surface area contributed by atoms with Crippen LogP contribution in [0.1, 0.15) is 5.56 Å². The summed E-state index contributed by atoms with van der Waals surface area (Å²) in [6.07, 6.45) is 0. The van der Waals surface area contributed by atoms with Gasteiger partial charge in [0.2, 0.25) is 0 Å². The molecule has 1 aromatic heterocycles. The minimum Gasteiger partial charge on any atom is -0.491 e. The first-order valence-electron chi connectivity index (χ1n) is 6.73. The van der Waals surface area contributed by atoms with Crippen molar-refractivity contribution in [3.05, 3.63) is 48.0 Å². The van der Waals surface area contributed by atoms with E-state index in [1.54, 1.807) is 11.3 Å². The molecule has 5 heteroatoms. The molecule has 0 spiro atoms. The summed E-state index contributed by atoms with van der Waals surface area (Å²) in [4.78, 5) is 4.55. The van der Waals surface area contributed by atoms with E-state index in [9.17, 15) is 0 Å². The molecule has 0 radical (unpaired) electrons. The van der Waals surface area contributed by atoms with Crippen molar-refractivity contribution in [1.82, 2.24) is 4.98 Å². The average molecular weight is 300 g/mol. The van der Waals surface area contributed by atoms with E-state index < -0.39 is 0 Å². The molecular weight excluding hydrogens is 284 g/mol. The van der Waals surface area contributed by atoms with E-state index in [1.807, 2.05) is 43.3 Å². The fourth-order valence-corrected chi connectivity index (χ4v) is 2.98. The molecule has 0 unspecified atom stereocenters. The Hall–Kier alpha value is -2.11. The van der Waals surface area contributed by atoms with Crippen molar-refractivity contribution >= 4 is 32.4 Å². The molecule has 0 bridgehead atoms. The second-order valence-corrected chi connectivity index (χ2v) is 5.69. The highest BCUT2D eigenvalue weighted by Crippen LogP contribution is 2.29. The number of ether oxygens (including phenoxy) is 1. The van der Waals surface area contributed by atoms with Crippen molar-refractivity contribution in [1.29, 1.82) is 0 Å². The monoisotopic (exact) mass is 300 g/mol. The van der Waals surface area contributed by atoms with Crippen molar-refractivity contribution in [3.63, 3.8) is 0 Å². The van der Waals surface area contributed by atoms with Crippen LogP contribution in [0.5, 0.6) is 5.75 Å².